The number of rotatable bonds is 3. The topological polar surface area (TPSA) is 20.3 Å². The lowest BCUT2D eigenvalue weighted by Crippen LogP contribution is -2.34. The number of aryl methyl sites for hydroxylation is 2. The van der Waals surface area contributed by atoms with E-state index in [-0.39, 0.29) is 11.9 Å². The maximum atomic E-state index is 12.0. The summed E-state index contributed by atoms with van der Waals surface area (Å²) in [7, 11) is 1.88. The van der Waals surface area contributed by atoms with Gasteiger partial charge in [-0.15, -0.1) is 0 Å². The fourth-order valence-electron chi connectivity index (χ4n) is 2.48. The molecule has 0 saturated carbocycles. The Bertz CT molecular complexity index is 437. The van der Waals surface area contributed by atoms with Gasteiger partial charge in [0.25, 0.3) is 0 Å². The molecular weight excluding hydrogens is 222 g/mol. The molecule has 0 fully saturated rings. The van der Waals surface area contributed by atoms with Crippen LogP contribution in [0.3, 0.4) is 0 Å². The standard InChI is InChI=1S/C16H23NO/c1-12(2)17(3)16(18)11-13-8-9-14-6-4-5-7-15(14)10-13/h8-10,12H,4-7,11H2,1-3H3. The van der Waals surface area contributed by atoms with Crippen molar-refractivity contribution in [3.8, 4) is 0 Å². The van der Waals surface area contributed by atoms with Crippen molar-refractivity contribution in [2.75, 3.05) is 7.05 Å². The lowest BCUT2D eigenvalue weighted by molar-refractivity contribution is -0.130. The first kappa shape index (κ1) is 13.1. The summed E-state index contributed by atoms with van der Waals surface area (Å²) < 4.78 is 0. The summed E-state index contributed by atoms with van der Waals surface area (Å²) in [6, 6.07) is 6.85. The molecule has 2 rings (SSSR count). The normalized spacial score (nSPS) is 14.4. The van der Waals surface area contributed by atoms with E-state index in [1.807, 2.05) is 25.8 Å². The van der Waals surface area contributed by atoms with Gasteiger partial charge in [-0.2, -0.15) is 0 Å². The maximum absolute atomic E-state index is 12.0. The van der Waals surface area contributed by atoms with Gasteiger partial charge in [-0.3, -0.25) is 4.79 Å². The Morgan fingerprint density at radius 1 is 1.22 bits per heavy atom. The van der Waals surface area contributed by atoms with Gasteiger partial charge >= 0.3 is 0 Å². The first-order valence-corrected chi connectivity index (χ1v) is 6.94. The van der Waals surface area contributed by atoms with Crippen LogP contribution in [-0.2, 0) is 24.1 Å². The lowest BCUT2D eigenvalue weighted by Gasteiger charge is -2.22. The number of likely N-dealkylation sites (N-methyl/N-ethyl adjacent to an activating group) is 1. The molecule has 0 N–H and O–H groups in total. The number of hydrogen-bond acceptors (Lipinski definition) is 1. The zero-order chi connectivity index (χ0) is 13.1. The largest absolute Gasteiger partial charge is 0.343 e. The predicted molar refractivity (Wildman–Crippen MR) is 74.7 cm³/mol. The van der Waals surface area contributed by atoms with Crippen LogP contribution < -0.4 is 0 Å². The van der Waals surface area contributed by atoms with Gasteiger partial charge in [-0.1, -0.05) is 18.2 Å². The highest BCUT2D eigenvalue weighted by Gasteiger charge is 2.14. The maximum Gasteiger partial charge on any atom is 0.226 e. The molecule has 2 heteroatoms. The molecular formula is C16H23NO. The van der Waals surface area contributed by atoms with Crippen molar-refractivity contribution in [1.82, 2.24) is 4.90 Å². The molecule has 98 valence electrons. The van der Waals surface area contributed by atoms with Gasteiger partial charge in [-0.25, -0.2) is 0 Å². The Morgan fingerprint density at radius 2 is 1.89 bits per heavy atom. The molecule has 1 aliphatic rings. The average Bonchev–Trinajstić information content (AvgIpc) is 2.37. The SMILES string of the molecule is CC(C)N(C)C(=O)Cc1ccc2c(c1)CCCC2. The fourth-order valence-corrected chi connectivity index (χ4v) is 2.48. The van der Waals surface area contributed by atoms with Gasteiger partial charge < -0.3 is 4.90 Å². The summed E-state index contributed by atoms with van der Waals surface area (Å²) in [6.07, 6.45) is 5.51. The number of nitrogens with zero attached hydrogens (tertiary/aromatic N) is 1. The van der Waals surface area contributed by atoms with E-state index in [0.717, 1.165) is 5.56 Å². The van der Waals surface area contributed by atoms with E-state index >= 15 is 0 Å². The Morgan fingerprint density at radius 3 is 2.56 bits per heavy atom. The van der Waals surface area contributed by atoms with E-state index in [4.69, 9.17) is 0 Å². The minimum Gasteiger partial charge on any atom is -0.343 e. The lowest BCUT2D eigenvalue weighted by atomic mass is 9.90. The van der Waals surface area contributed by atoms with Crippen molar-refractivity contribution in [2.24, 2.45) is 0 Å². The second-order valence-corrected chi connectivity index (χ2v) is 5.59. The second-order valence-electron chi connectivity index (χ2n) is 5.59. The first-order chi connectivity index (χ1) is 8.58. The molecule has 0 aromatic heterocycles. The molecule has 0 spiro atoms. The number of amides is 1. The number of benzene rings is 1. The molecule has 1 amide bonds. The van der Waals surface area contributed by atoms with Crippen molar-refractivity contribution >= 4 is 5.91 Å². The first-order valence-electron chi connectivity index (χ1n) is 6.94. The molecule has 18 heavy (non-hydrogen) atoms. The van der Waals surface area contributed by atoms with Crippen LogP contribution >= 0.6 is 0 Å². The minimum absolute atomic E-state index is 0.209. The Balaban J connectivity index is 2.08. The van der Waals surface area contributed by atoms with Crippen molar-refractivity contribution in [3.63, 3.8) is 0 Å². The third-order valence-electron chi connectivity index (χ3n) is 3.94. The summed E-state index contributed by atoms with van der Waals surface area (Å²) in [5.74, 6) is 0.209. The zero-order valence-electron chi connectivity index (χ0n) is 11.7. The molecule has 0 unspecified atom stereocenters. The smallest absolute Gasteiger partial charge is 0.226 e. The zero-order valence-corrected chi connectivity index (χ0v) is 11.7. The van der Waals surface area contributed by atoms with Crippen molar-refractivity contribution < 1.29 is 4.79 Å². The molecule has 0 aliphatic heterocycles. The Kier molecular flexibility index (Phi) is 4.05. The predicted octanol–water partition coefficient (Wildman–Crippen LogP) is 2.97. The minimum atomic E-state index is 0.209. The Labute approximate surface area is 110 Å². The van der Waals surface area contributed by atoms with Crippen molar-refractivity contribution in [2.45, 2.75) is 52.0 Å². The highest BCUT2D eigenvalue weighted by atomic mass is 16.2. The highest BCUT2D eigenvalue weighted by molar-refractivity contribution is 5.78. The average molecular weight is 245 g/mol. The van der Waals surface area contributed by atoms with E-state index < -0.39 is 0 Å². The summed E-state index contributed by atoms with van der Waals surface area (Å²) in [4.78, 5) is 13.9. The molecule has 0 heterocycles. The van der Waals surface area contributed by atoms with Gasteiger partial charge in [0, 0.05) is 13.1 Å². The molecule has 0 radical (unpaired) electrons. The second kappa shape index (κ2) is 5.55. The molecule has 0 bridgehead atoms. The fraction of sp³-hybridized carbons (Fsp3) is 0.562. The number of carbonyl (C=O) groups is 1. The summed E-state index contributed by atoms with van der Waals surface area (Å²) in [5.41, 5.74) is 4.10. The highest BCUT2D eigenvalue weighted by Crippen LogP contribution is 2.22. The van der Waals surface area contributed by atoms with E-state index in [0.29, 0.717) is 6.42 Å². The third-order valence-corrected chi connectivity index (χ3v) is 3.94. The van der Waals surface area contributed by atoms with Crippen LogP contribution in [0.25, 0.3) is 0 Å². The monoisotopic (exact) mass is 245 g/mol. The molecule has 1 aliphatic carbocycles. The summed E-state index contributed by atoms with van der Waals surface area (Å²) in [6.45, 7) is 4.09. The van der Waals surface area contributed by atoms with E-state index in [1.165, 1.54) is 36.8 Å². The summed E-state index contributed by atoms with van der Waals surface area (Å²) in [5, 5.41) is 0. The van der Waals surface area contributed by atoms with Crippen LogP contribution in [0.4, 0.5) is 0 Å². The van der Waals surface area contributed by atoms with Crippen molar-refractivity contribution in [3.05, 3.63) is 34.9 Å². The van der Waals surface area contributed by atoms with Crippen LogP contribution in [-0.4, -0.2) is 23.9 Å². The third kappa shape index (κ3) is 2.92. The summed E-state index contributed by atoms with van der Waals surface area (Å²) >= 11 is 0. The van der Waals surface area contributed by atoms with Crippen LogP contribution in [0, 0.1) is 0 Å². The molecule has 1 aromatic carbocycles. The van der Waals surface area contributed by atoms with E-state index in [2.05, 4.69) is 18.2 Å². The van der Waals surface area contributed by atoms with Crippen LogP contribution in [0.15, 0.2) is 18.2 Å². The van der Waals surface area contributed by atoms with Crippen molar-refractivity contribution in [1.29, 1.82) is 0 Å². The molecule has 2 nitrogen and oxygen atoms in total. The van der Waals surface area contributed by atoms with Gasteiger partial charge in [0.1, 0.15) is 0 Å². The van der Waals surface area contributed by atoms with Crippen LogP contribution in [0.2, 0.25) is 0 Å². The Hall–Kier alpha value is -1.31. The number of hydrogen-bond donors (Lipinski definition) is 0. The van der Waals surface area contributed by atoms with E-state index in [9.17, 15) is 4.79 Å². The molecule has 0 saturated heterocycles. The number of carbonyl (C=O) groups excluding carboxylic acids is 1. The molecule has 0 atom stereocenters. The number of fused-ring (bicyclic) bond motifs is 1. The van der Waals surface area contributed by atoms with Crippen LogP contribution in [0.5, 0.6) is 0 Å². The van der Waals surface area contributed by atoms with E-state index in [1.54, 1.807) is 0 Å². The molecule has 1 aromatic rings. The van der Waals surface area contributed by atoms with Gasteiger partial charge in [-0.05, 0) is 56.2 Å². The van der Waals surface area contributed by atoms with Gasteiger partial charge in [0.15, 0.2) is 0 Å². The quantitative estimate of drug-likeness (QED) is 0.801. The van der Waals surface area contributed by atoms with Gasteiger partial charge in [0.05, 0.1) is 6.42 Å². The van der Waals surface area contributed by atoms with Crippen LogP contribution in [0.1, 0.15) is 43.4 Å². The van der Waals surface area contributed by atoms with Gasteiger partial charge in [0.2, 0.25) is 5.91 Å².